The Kier molecular flexibility index (Phi) is 4.59. The first-order chi connectivity index (χ1) is 8.69. The minimum absolute atomic E-state index is 0.209. The highest BCUT2D eigenvalue weighted by molar-refractivity contribution is 5.76. The van der Waals surface area contributed by atoms with Crippen LogP contribution in [0.2, 0.25) is 0 Å². The fourth-order valence-corrected chi connectivity index (χ4v) is 2.97. The lowest BCUT2D eigenvalue weighted by molar-refractivity contribution is -0.134. The molecular formula is C13H24N2O3. The molecule has 2 aliphatic heterocycles. The van der Waals surface area contributed by atoms with E-state index in [-0.39, 0.29) is 17.4 Å². The van der Waals surface area contributed by atoms with Gasteiger partial charge in [-0.15, -0.1) is 0 Å². The Hall–Kier alpha value is -0.650. The SMILES string of the molecule is COCCC(=O)N1CCC2(CC1)COC(CN)C2. The summed E-state index contributed by atoms with van der Waals surface area (Å²) in [6.07, 6.45) is 3.86. The van der Waals surface area contributed by atoms with Crippen LogP contribution < -0.4 is 5.73 Å². The molecule has 1 unspecified atom stereocenters. The van der Waals surface area contributed by atoms with Gasteiger partial charge in [0.1, 0.15) is 0 Å². The van der Waals surface area contributed by atoms with Crippen LogP contribution in [0.3, 0.4) is 0 Å². The van der Waals surface area contributed by atoms with Gasteiger partial charge in [-0.2, -0.15) is 0 Å². The molecule has 18 heavy (non-hydrogen) atoms. The summed E-state index contributed by atoms with van der Waals surface area (Å²) in [6.45, 7) is 3.64. The maximum absolute atomic E-state index is 11.9. The molecule has 2 aliphatic rings. The number of nitrogens with two attached hydrogens (primary N) is 1. The highest BCUT2D eigenvalue weighted by Gasteiger charge is 2.42. The number of methoxy groups -OCH3 is 1. The smallest absolute Gasteiger partial charge is 0.224 e. The predicted octanol–water partition coefficient (Wildman–Crippen LogP) is 0.379. The van der Waals surface area contributed by atoms with Gasteiger partial charge in [-0.3, -0.25) is 4.79 Å². The summed E-state index contributed by atoms with van der Waals surface area (Å²) >= 11 is 0. The molecule has 5 nitrogen and oxygen atoms in total. The van der Waals surface area contributed by atoms with Crippen molar-refractivity contribution in [1.29, 1.82) is 0 Å². The van der Waals surface area contributed by atoms with Crippen molar-refractivity contribution in [3.8, 4) is 0 Å². The fraction of sp³-hybridized carbons (Fsp3) is 0.923. The van der Waals surface area contributed by atoms with E-state index in [0.29, 0.717) is 19.6 Å². The second-order valence-electron chi connectivity index (χ2n) is 5.50. The molecule has 0 aromatic heterocycles. The molecule has 104 valence electrons. The summed E-state index contributed by atoms with van der Waals surface area (Å²) in [4.78, 5) is 13.8. The van der Waals surface area contributed by atoms with Crippen LogP contribution in [0, 0.1) is 5.41 Å². The Morgan fingerprint density at radius 2 is 2.22 bits per heavy atom. The lowest BCUT2D eigenvalue weighted by Gasteiger charge is -2.38. The minimum atomic E-state index is 0.209. The number of hydrogen-bond donors (Lipinski definition) is 1. The largest absolute Gasteiger partial charge is 0.384 e. The van der Waals surface area contributed by atoms with Gasteiger partial charge in [0.05, 0.1) is 25.7 Å². The van der Waals surface area contributed by atoms with Gasteiger partial charge >= 0.3 is 0 Å². The Labute approximate surface area is 109 Å². The number of carbonyl (C=O) groups excluding carboxylic acids is 1. The summed E-state index contributed by atoms with van der Waals surface area (Å²) in [5.74, 6) is 0.209. The molecule has 5 heteroatoms. The number of carbonyl (C=O) groups is 1. The Bertz CT molecular complexity index is 288. The van der Waals surface area contributed by atoms with Crippen molar-refractivity contribution in [2.45, 2.75) is 31.8 Å². The van der Waals surface area contributed by atoms with E-state index in [9.17, 15) is 4.79 Å². The van der Waals surface area contributed by atoms with Gasteiger partial charge in [-0.1, -0.05) is 0 Å². The summed E-state index contributed by atoms with van der Waals surface area (Å²) in [5, 5.41) is 0. The van der Waals surface area contributed by atoms with E-state index in [1.165, 1.54) is 0 Å². The number of hydrogen-bond acceptors (Lipinski definition) is 4. The van der Waals surface area contributed by atoms with Crippen LogP contribution in [-0.2, 0) is 14.3 Å². The zero-order valence-electron chi connectivity index (χ0n) is 11.2. The average Bonchev–Trinajstić information content (AvgIpc) is 2.80. The van der Waals surface area contributed by atoms with Gasteiger partial charge in [0.2, 0.25) is 5.91 Å². The first-order valence-electron chi connectivity index (χ1n) is 6.77. The normalized spacial score (nSPS) is 26.8. The van der Waals surface area contributed by atoms with Gasteiger partial charge in [0.25, 0.3) is 0 Å². The lowest BCUT2D eigenvalue weighted by atomic mass is 9.76. The van der Waals surface area contributed by atoms with Crippen molar-refractivity contribution in [3.05, 3.63) is 0 Å². The Balaban J connectivity index is 1.79. The van der Waals surface area contributed by atoms with E-state index in [4.69, 9.17) is 15.2 Å². The zero-order valence-corrected chi connectivity index (χ0v) is 11.2. The number of piperidine rings is 1. The molecule has 1 atom stereocenters. The van der Waals surface area contributed by atoms with Crippen molar-refractivity contribution < 1.29 is 14.3 Å². The third-order valence-corrected chi connectivity index (χ3v) is 4.25. The Morgan fingerprint density at radius 1 is 1.50 bits per heavy atom. The number of likely N-dealkylation sites (tertiary alicyclic amines) is 1. The summed E-state index contributed by atoms with van der Waals surface area (Å²) in [5.41, 5.74) is 5.93. The molecule has 0 aromatic carbocycles. The first kappa shape index (κ1) is 13.8. The standard InChI is InChI=1S/C13H24N2O3/c1-17-7-2-12(16)15-5-3-13(4-6-15)8-11(9-14)18-10-13/h11H,2-10,14H2,1H3. The molecule has 0 radical (unpaired) electrons. The molecule has 1 amide bonds. The van der Waals surface area contributed by atoms with Crippen LogP contribution in [0.4, 0.5) is 0 Å². The van der Waals surface area contributed by atoms with Crippen molar-refractivity contribution in [1.82, 2.24) is 4.90 Å². The van der Waals surface area contributed by atoms with Crippen LogP contribution >= 0.6 is 0 Å². The van der Waals surface area contributed by atoms with Gasteiger partial charge in [-0.25, -0.2) is 0 Å². The van der Waals surface area contributed by atoms with Crippen LogP contribution in [0.25, 0.3) is 0 Å². The maximum atomic E-state index is 11.9. The zero-order chi connectivity index (χ0) is 13.0. The van der Waals surface area contributed by atoms with E-state index in [1.807, 2.05) is 4.90 Å². The van der Waals surface area contributed by atoms with E-state index in [2.05, 4.69) is 0 Å². The molecule has 2 saturated heterocycles. The minimum Gasteiger partial charge on any atom is -0.384 e. The number of amides is 1. The molecule has 2 fully saturated rings. The summed E-state index contributed by atoms with van der Waals surface area (Å²) < 4.78 is 10.7. The summed E-state index contributed by atoms with van der Waals surface area (Å²) in [7, 11) is 1.63. The maximum Gasteiger partial charge on any atom is 0.224 e. The average molecular weight is 256 g/mol. The first-order valence-corrected chi connectivity index (χ1v) is 6.77. The second-order valence-corrected chi connectivity index (χ2v) is 5.50. The van der Waals surface area contributed by atoms with Crippen molar-refractivity contribution >= 4 is 5.91 Å². The van der Waals surface area contributed by atoms with Gasteiger partial charge in [-0.05, 0) is 24.7 Å². The van der Waals surface area contributed by atoms with Gasteiger partial charge in [0.15, 0.2) is 0 Å². The molecule has 0 saturated carbocycles. The molecule has 0 bridgehead atoms. The molecule has 2 N–H and O–H groups in total. The number of ether oxygens (including phenoxy) is 2. The number of rotatable bonds is 4. The van der Waals surface area contributed by atoms with Gasteiger partial charge < -0.3 is 20.1 Å². The predicted molar refractivity (Wildman–Crippen MR) is 68.2 cm³/mol. The van der Waals surface area contributed by atoms with Gasteiger partial charge in [0, 0.05) is 26.7 Å². The van der Waals surface area contributed by atoms with E-state index in [1.54, 1.807) is 7.11 Å². The molecule has 2 heterocycles. The van der Waals surface area contributed by atoms with E-state index >= 15 is 0 Å². The van der Waals surface area contributed by atoms with Crippen molar-refractivity contribution in [2.24, 2.45) is 11.1 Å². The van der Waals surface area contributed by atoms with Crippen LogP contribution in [-0.4, -0.2) is 56.9 Å². The topological polar surface area (TPSA) is 64.8 Å². The second kappa shape index (κ2) is 5.99. The van der Waals surface area contributed by atoms with Crippen LogP contribution in [0.1, 0.15) is 25.7 Å². The summed E-state index contributed by atoms with van der Waals surface area (Å²) in [6, 6.07) is 0. The molecule has 1 spiro atoms. The molecular weight excluding hydrogens is 232 g/mol. The molecule has 0 aromatic rings. The third kappa shape index (κ3) is 3.02. The monoisotopic (exact) mass is 256 g/mol. The van der Waals surface area contributed by atoms with E-state index in [0.717, 1.165) is 39.0 Å². The third-order valence-electron chi connectivity index (χ3n) is 4.25. The Morgan fingerprint density at radius 3 is 2.78 bits per heavy atom. The fourth-order valence-electron chi connectivity index (χ4n) is 2.97. The highest BCUT2D eigenvalue weighted by Crippen LogP contribution is 2.41. The van der Waals surface area contributed by atoms with Crippen molar-refractivity contribution in [2.75, 3.05) is 40.0 Å². The van der Waals surface area contributed by atoms with Crippen LogP contribution in [0.15, 0.2) is 0 Å². The van der Waals surface area contributed by atoms with Crippen molar-refractivity contribution in [3.63, 3.8) is 0 Å². The number of nitrogens with zero attached hydrogens (tertiary/aromatic N) is 1. The lowest BCUT2D eigenvalue weighted by Crippen LogP contribution is -2.43. The molecule has 2 rings (SSSR count). The van der Waals surface area contributed by atoms with Crippen LogP contribution in [0.5, 0.6) is 0 Å². The van der Waals surface area contributed by atoms with E-state index < -0.39 is 0 Å². The quantitative estimate of drug-likeness (QED) is 0.790. The highest BCUT2D eigenvalue weighted by atomic mass is 16.5. The molecule has 0 aliphatic carbocycles.